The van der Waals surface area contributed by atoms with Gasteiger partial charge in [0.15, 0.2) is 5.82 Å². The molecule has 0 aliphatic heterocycles. The van der Waals surface area contributed by atoms with Crippen LogP contribution >= 0.6 is 0 Å². The van der Waals surface area contributed by atoms with Crippen LogP contribution in [0.15, 0.2) is 84.9 Å². The second-order valence-electron chi connectivity index (χ2n) is 6.48. The summed E-state index contributed by atoms with van der Waals surface area (Å²) in [6.07, 6.45) is 0. The lowest BCUT2D eigenvalue weighted by molar-refractivity contribution is -0.384. The Balaban J connectivity index is 1.58. The smallest absolute Gasteiger partial charge is 0.291 e. The summed E-state index contributed by atoms with van der Waals surface area (Å²) >= 11 is 0. The number of aromatic nitrogens is 3. The number of amides is 1. The summed E-state index contributed by atoms with van der Waals surface area (Å²) in [6, 6.07) is 25.0. The van der Waals surface area contributed by atoms with Crippen molar-refractivity contribution in [2.24, 2.45) is 0 Å². The molecule has 148 valence electrons. The minimum Gasteiger partial charge on any atom is -0.345 e. The summed E-state index contributed by atoms with van der Waals surface area (Å²) < 4.78 is 1.64. The maximum atomic E-state index is 12.7. The van der Waals surface area contributed by atoms with E-state index in [2.05, 4.69) is 15.4 Å². The molecule has 0 saturated heterocycles. The van der Waals surface area contributed by atoms with Crippen LogP contribution in [0.25, 0.3) is 17.1 Å². The lowest BCUT2D eigenvalue weighted by atomic mass is 10.2. The van der Waals surface area contributed by atoms with Crippen molar-refractivity contribution >= 4 is 11.6 Å². The summed E-state index contributed by atoms with van der Waals surface area (Å²) in [7, 11) is 0. The summed E-state index contributed by atoms with van der Waals surface area (Å²) in [5.74, 6) is 0.169. The van der Waals surface area contributed by atoms with Gasteiger partial charge in [-0.1, -0.05) is 60.7 Å². The van der Waals surface area contributed by atoms with Crippen LogP contribution in [0.5, 0.6) is 0 Å². The zero-order valence-corrected chi connectivity index (χ0v) is 15.8. The number of carbonyl (C=O) groups excluding carboxylic acids is 1. The number of non-ortho nitro benzene ring substituents is 1. The van der Waals surface area contributed by atoms with Crippen molar-refractivity contribution in [2.45, 2.75) is 6.54 Å². The minimum absolute atomic E-state index is 0.000787. The molecule has 0 spiro atoms. The molecule has 0 bridgehead atoms. The molecule has 1 amide bonds. The van der Waals surface area contributed by atoms with Gasteiger partial charge in [-0.3, -0.25) is 14.9 Å². The number of para-hydroxylation sites is 1. The summed E-state index contributed by atoms with van der Waals surface area (Å²) in [5, 5.41) is 17.9. The van der Waals surface area contributed by atoms with Crippen LogP contribution in [0, 0.1) is 10.1 Å². The highest BCUT2D eigenvalue weighted by Gasteiger charge is 2.18. The number of nitrogens with zero attached hydrogens (tertiary/aromatic N) is 4. The van der Waals surface area contributed by atoms with Gasteiger partial charge in [0.25, 0.3) is 11.6 Å². The lowest BCUT2D eigenvalue weighted by Crippen LogP contribution is -2.24. The van der Waals surface area contributed by atoms with E-state index in [1.165, 1.54) is 12.1 Å². The Hall–Kier alpha value is -4.33. The maximum absolute atomic E-state index is 12.7. The lowest BCUT2D eigenvalue weighted by Gasteiger charge is -2.05. The Kier molecular flexibility index (Phi) is 5.29. The molecule has 0 radical (unpaired) electrons. The van der Waals surface area contributed by atoms with E-state index >= 15 is 0 Å². The molecule has 4 rings (SSSR count). The fourth-order valence-corrected chi connectivity index (χ4v) is 2.93. The molecule has 0 atom stereocenters. The normalized spacial score (nSPS) is 10.5. The first-order chi connectivity index (χ1) is 14.6. The Morgan fingerprint density at radius 3 is 2.20 bits per heavy atom. The van der Waals surface area contributed by atoms with E-state index in [9.17, 15) is 14.9 Å². The predicted octanol–water partition coefficient (Wildman–Crippen LogP) is 3.77. The van der Waals surface area contributed by atoms with E-state index in [1.54, 1.807) is 16.8 Å². The molecule has 1 N–H and O–H groups in total. The van der Waals surface area contributed by atoms with Gasteiger partial charge in [-0.2, -0.15) is 0 Å². The number of carbonyl (C=O) groups is 1. The first kappa shape index (κ1) is 19.0. The zero-order valence-electron chi connectivity index (χ0n) is 15.8. The van der Waals surface area contributed by atoms with E-state index in [4.69, 9.17) is 0 Å². The maximum Gasteiger partial charge on any atom is 0.291 e. The molecule has 0 fully saturated rings. The van der Waals surface area contributed by atoms with Gasteiger partial charge in [0.05, 0.1) is 10.6 Å². The Morgan fingerprint density at radius 2 is 1.57 bits per heavy atom. The molecule has 3 aromatic carbocycles. The van der Waals surface area contributed by atoms with Crippen LogP contribution < -0.4 is 5.32 Å². The third-order valence-electron chi connectivity index (χ3n) is 4.44. The molecule has 1 aromatic heterocycles. The zero-order chi connectivity index (χ0) is 20.9. The summed E-state index contributed by atoms with van der Waals surface area (Å²) in [6.45, 7) is 0.206. The van der Waals surface area contributed by atoms with E-state index in [1.807, 2.05) is 60.7 Å². The van der Waals surface area contributed by atoms with Crippen molar-refractivity contribution in [1.82, 2.24) is 20.1 Å². The van der Waals surface area contributed by atoms with Crippen molar-refractivity contribution < 1.29 is 9.72 Å². The second kappa shape index (κ2) is 8.36. The quantitative estimate of drug-likeness (QED) is 0.393. The van der Waals surface area contributed by atoms with E-state index in [0.29, 0.717) is 5.82 Å². The van der Waals surface area contributed by atoms with Gasteiger partial charge in [-0.05, 0) is 17.7 Å². The van der Waals surface area contributed by atoms with Gasteiger partial charge in [-0.15, -0.1) is 5.10 Å². The Labute approximate surface area is 172 Å². The average molecular weight is 399 g/mol. The highest BCUT2D eigenvalue weighted by atomic mass is 16.6. The van der Waals surface area contributed by atoms with Crippen molar-refractivity contribution in [2.75, 3.05) is 0 Å². The van der Waals surface area contributed by atoms with Crippen LogP contribution in [0.2, 0.25) is 0 Å². The van der Waals surface area contributed by atoms with Gasteiger partial charge in [0, 0.05) is 24.2 Å². The molecule has 0 saturated carbocycles. The highest BCUT2D eigenvalue weighted by molar-refractivity contribution is 5.91. The van der Waals surface area contributed by atoms with Crippen LogP contribution in [-0.2, 0) is 6.54 Å². The molecule has 0 unspecified atom stereocenters. The van der Waals surface area contributed by atoms with Gasteiger partial charge in [0.2, 0.25) is 5.82 Å². The molecule has 8 nitrogen and oxygen atoms in total. The predicted molar refractivity (Wildman–Crippen MR) is 111 cm³/mol. The molecule has 1 heterocycles. The molecule has 8 heteroatoms. The molecule has 30 heavy (non-hydrogen) atoms. The topological polar surface area (TPSA) is 103 Å². The largest absolute Gasteiger partial charge is 0.345 e. The second-order valence-corrected chi connectivity index (χ2v) is 6.48. The number of hydrogen-bond donors (Lipinski definition) is 1. The van der Waals surface area contributed by atoms with Crippen molar-refractivity contribution in [3.05, 3.63) is 106 Å². The van der Waals surface area contributed by atoms with E-state index < -0.39 is 10.8 Å². The molecular formula is C22H17N5O3. The van der Waals surface area contributed by atoms with Crippen molar-refractivity contribution in [3.8, 4) is 17.1 Å². The van der Waals surface area contributed by atoms with Crippen LogP contribution in [-0.4, -0.2) is 25.6 Å². The monoisotopic (exact) mass is 399 g/mol. The molecular weight excluding hydrogens is 382 g/mol. The standard InChI is InChI=1S/C22H17N5O3/c28-22(23-15-16-11-13-19(14-12-16)27(29)30)20-24-21(17-7-3-1-4-8-17)26(25-20)18-9-5-2-6-10-18/h1-14H,15H2,(H,23,28). The molecule has 0 aliphatic rings. The van der Waals surface area contributed by atoms with Gasteiger partial charge >= 0.3 is 0 Å². The number of nitrogens with one attached hydrogen (secondary N) is 1. The van der Waals surface area contributed by atoms with Gasteiger partial charge < -0.3 is 5.32 Å². The first-order valence-electron chi connectivity index (χ1n) is 9.21. The summed E-state index contributed by atoms with van der Waals surface area (Å²) in [5.41, 5.74) is 2.36. The van der Waals surface area contributed by atoms with Gasteiger partial charge in [-0.25, -0.2) is 9.67 Å². The van der Waals surface area contributed by atoms with Crippen LogP contribution in [0.1, 0.15) is 16.2 Å². The minimum atomic E-state index is -0.465. The number of rotatable bonds is 6. The number of nitro benzene ring substituents is 1. The van der Waals surface area contributed by atoms with Crippen LogP contribution in [0.3, 0.4) is 0 Å². The molecule has 4 aromatic rings. The molecule has 0 aliphatic carbocycles. The Morgan fingerprint density at radius 1 is 0.933 bits per heavy atom. The van der Waals surface area contributed by atoms with Crippen molar-refractivity contribution in [3.63, 3.8) is 0 Å². The number of nitro groups is 1. The Bertz CT molecular complexity index is 1120. The SMILES string of the molecule is O=C(NCc1ccc([N+](=O)[O-])cc1)c1nc(-c2ccccc2)n(-c2ccccc2)n1. The third-order valence-corrected chi connectivity index (χ3v) is 4.44. The highest BCUT2D eigenvalue weighted by Crippen LogP contribution is 2.21. The fraction of sp³-hybridized carbons (Fsp3) is 0.0455. The van der Waals surface area contributed by atoms with Gasteiger partial charge in [0.1, 0.15) is 0 Å². The van der Waals surface area contributed by atoms with E-state index in [-0.39, 0.29) is 18.1 Å². The van der Waals surface area contributed by atoms with Crippen molar-refractivity contribution in [1.29, 1.82) is 0 Å². The number of benzene rings is 3. The number of hydrogen-bond acceptors (Lipinski definition) is 5. The van der Waals surface area contributed by atoms with E-state index in [0.717, 1.165) is 16.8 Å². The fourth-order valence-electron chi connectivity index (χ4n) is 2.93. The first-order valence-corrected chi connectivity index (χ1v) is 9.21. The van der Waals surface area contributed by atoms with Crippen LogP contribution in [0.4, 0.5) is 5.69 Å². The summed E-state index contributed by atoms with van der Waals surface area (Å²) in [4.78, 5) is 27.4. The third kappa shape index (κ3) is 4.07. The average Bonchev–Trinajstić information content (AvgIpc) is 3.24.